The number of carbonyl (C=O) groups excluding carboxylic acids is 1. The molecule has 1 saturated heterocycles. The standard InChI is InChI=1S/C29H27ClF3N5O3S/c1-16-14-38(15-17(2)41-16)26-5-3-4-25(37-26)23-7-6-18-12-35-21(11-24(18)27(23)31)13-36-28(39)19-8-20(30)10-22(9-19)42(34,40)29(32)33/h3-12,16-17,29,34H,13-15H2,1-2H3,(H,36,39)/t16-,17+,42?. The van der Waals surface area contributed by atoms with Gasteiger partial charge in [0.2, 0.25) is 0 Å². The molecule has 13 heteroatoms. The zero-order chi connectivity index (χ0) is 30.2. The highest BCUT2D eigenvalue weighted by Crippen LogP contribution is 2.30. The third-order valence-corrected chi connectivity index (χ3v) is 8.47. The predicted molar refractivity (Wildman–Crippen MR) is 155 cm³/mol. The van der Waals surface area contributed by atoms with Crippen LogP contribution in [0.25, 0.3) is 22.0 Å². The topological polar surface area (TPSA) is 108 Å². The lowest BCUT2D eigenvalue weighted by Gasteiger charge is -2.36. The Morgan fingerprint density at radius 3 is 2.62 bits per heavy atom. The first-order valence-electron chi connectivity index (χ1n) is 13.0. The second kappa shape index (κ2) is 11.9. The highest BCUT2D eigenvalue weighted by molar-refractivity contribution is 7.92. The number of nitrogens with zero attached hydrogens (tertiary/aromatic N) is 3. The van der Waals surface area contributed by atoms with E-state index in [0.717, 1.165) is 18.0 Å². The number of fused-ring (bicyclic) bond motifs is 1. The molecule has 2 N–H and O–H groups in total. The van der Waals surface area contributed by atoms with Crippen LogP contribution in [-0.2, 0) is 21.0 Å². The zero-order valence-corrected chi connectivity index (χ0v) is 24.2. The summed E-state index contributed by atoms with van der Waals surface area (Å²) in [5.74, 6) is -3.93. The van der Waals surface area contributed by atoms with E-state index in [1.165, 1.54) is 18.3 Å². The second-order valence-electron chi connectivity index (χ2n) is 10.1. The van der Waals surface area contributed by atoms with Gasteiger partial charge in [0.05, 0.1) is 35.0 Å². The van der Waals surface area contributed by atoms with Crippen molar-refractivity contribution < 1.29 is 26.9 Å². The molecule has 0 radical (unpaired) electrons. The van der Waals surface area contributed by atoms with Crippen molar-refractivity contribution in [2.24, 2.45) is 0 Å². The van der Waals surface area contributed by atoms with Gasteiger partial charge in [-0.05, 0) is 56.3 Å². The highest BCUT2D eigenvalue weighted by Gasteiger charge is 2.25. The Labute approximate surface area is 245 Å². The summed E-state index contributed by atoms with van der Waals surface area (Å²) < 4.78 is 67.4. The number of carbonyl (C=O) groups is 1. The number of amides is 1. The molecular weight excluding hydrogens is 591 g/mol. The van der Waals surface area contributed by atoms with Crippen LogP contribution in [0.2, 0.25) is 5.02 Å². The molecule has 0 aliphatic carbocycles. The number of alkyl halides is 2. The van der Waals surface area contributed by atoms with E-state index in [2.05, 4.69) is 15.2 Å². The molecular formula is C29H27ClF3N5O3S. The summed E-state index contributed by atoms with van der Waals surface area (Å²) in [7, 11) is -4.46. The second-order valence-corrected chi connectivity index (χ2v) is 12.6. The van der Waals surface area contributed by atoms with Crippen LogP contribution < -0.4 is 10.2 Å². The molecule has 1 amide bonds. The van der Waals surface area contributed by atoms with Crippen molar-refractivity contribution in [2.45, 2.75) is 43.3 Å². The average Bonchev–Trinajstić information content (AvgIpc) is 2.95. The number of pyridine rings is 2. The first kappa shape index (κ1) is 29.7. The summed E-state index contributed by atoms with van der Waals surface area (Å²) in [6, 6.07) is 13.5. The third kappa shape index (κ3) is 6.20. The number of halogens is 4. The van der Waals surface area contributed by atoms with Gasteiger partial charge in [0.1, 0.15) is 21.4 Å². The molecule has 220 valence electrons. The number of hydrogen-bond acceptors (Lipinski definition) is 7. The minimum absolute atomic E-state index is 0.0422. The van der Waals surface area contributed by atoms with E-state index >= 15 is 4.39 Å². The molecule has 42 heavy (non-hydrogen) atoms. The van der Waals surface area contributed by atoms with Gasteiger partial charge in [0, 0.05) is 46.2 Å². The molecule has 0 spiro atoms. The van der Waals surface area contributed by atoms with Gasteiger partial charge in [-0.1, -0.05) is 23.7 Å². The van der Waals surface area contributed by atoms with Gasteiger partial charge in [-0.2, -0.15) is 8.78 Å². The zero-order valence-electron chi connectivity index (χ0n) is 22.6. The molecule has 2 aromatic heterocycles. The van der Waals surface area contributed by atoms with E-state index in [0.29, 0.717) is 35.4 Å². The molecule has 3 atom stereocenters. The molecule has 1 fully saturated rings. The fourth-order valence-corrected chi connectivity index (χ4v) is 5.99. The van der Waals surface area contributed by atoms with Gasteiger partial charge in [0.15, 0.2) is 0 Å². The number of rotatable bonds is 7. The predicted octanol–water partition coefficient (Wildman–Crippen LogP) is 6.26. The molecule has 0 saturated carbocycles. The van der Waals surface area contributed by atoms with Crippen LogP contribution in [0, 0.1) is 10.6 Å². The van der Waals surface area contributed by atoms with E-state index in [9.17, 15) is 17.8 Å². The van der Waals surface area contributed by atoms with Crippen LogP contribution in [0.1, 0.15) is 29.9 Å². The maximum absolute atomic E-state index is 15.9. The molecule has 1 aliphatic rings. The van der Waals surface area contributed by atoms with Crippen LogP contribution in [0.5, 0.6) is 0 Å². The summed E-state index contributed by atoms with van der Waals surface area (Å²) in [5.41, 5.74) is 0.965. The smallest absolute Gasteiger partial charge is 0.323 e. The third-order valence-electron chi connectivity index (χ3n) is 6.81. The Balaban J connectivity index is 1.38. The van der Waals surface area contributed by atoms with Crippen LogP contribution >= 0.6 is 11.6 Å². The maximum atomic E-state index is 15.9. The summed E-state index contributed by atoms with van der Waals surface area (Å²) >= 11 is 5.94. The summed E-state index contributed by atoms with van der Waals surface area (Å²) in [6.07, 6.45) is 1.57. The van der Waals surface area contributed by atoms with Gasteiger partial charge < -0.3 is 15.0 Å². The van der Waals surface area contributed by atoms with Crippen molar-refractivity contribution in [1.29, 1.82) is 4.78 Å². The lowest BCUT2D eigenvalue weighted by molar-refractivity contribution is -0.00545. The highest BCUT2D eigenvalue weighted by atomic mass is 35.5. The van der Waals surface area contributed by atoms with Crippen molar-refractivity contribution >= 4 is 43.8 Å². The fraction of sp³-hybridized carbons (Fsp3) is 0.276. The van der Waals surface area contributed by atoms with Crippen LogP contribution in [0.15, 0.2) is 65.7 Å². The Morgan fingerprint density at radius 1 is 1.17 bits per heavy atom. The van der Waals surface area contributed by atoms with Crippen molar-refractivity contribution in [3.05, 3.63) is 82.9 Å². The molecule has 4 aromatic rings. The molecule has 5 rings (SSSR count). The Hall–Kier alpha value is -3.74. The fourth-order valence-electron chi connectivity index (χ4n) is 4.88. The quantitative estimate of drug-likeness (QED) is 0.253. The first-order valence-corrected chi connectivity index (χ1v) is 15.0. The van der Waals surface area contributed by atoms with Crippen molar-refractivity contribution in [3.8, 4) is 11.3 Å². The Kier molecular flexibility index (Phi) is 8.40. The number of anilines is 1. The monoisotopic (exact) mass is 617 g/mol. The van der Waals surface area contributed by atoms with Gasteiger partial charge in [-0.25, -0.2) is 18.4 Å². The Morgan fingerprint density at radius 2 is 1.90 bits per heavy atom. The number of hydrogen-bond donors (Lipinski definition) is 2. The van der Waals surface area contributed by atoms with E-state index in [1.54, 1.807) is 18.2 Å². The van der Waals surface area contributed by atoms with E-state index in [1.807, 2.05) is 26.0 Å². The van der Waals surface area contributed by atoms with Gasteiger partial charge in [0.25, 0.3) is 5.91 Å². The van der Waals surface area contributed by atoms with Crippen LogP contribution in [0.4, 0.5) is 19.0 Å². The number of morpholine rings is 1. The summed E-state index contributed by atoms with van der Waals surface area (Å²) in [6.45, 7) is 5.23. The normalized spacial score (nSPS) is 18.7. The summed E-state index contributed by atoms with van der Waals surface area (Å²) in [5, 5.41) is 3.29. The number of ether oxygens (including phenoxy) is 1. The lowest BCUT2D eigenvalue weighted by Crippen LogP contribution is -2.45. The minimum atomic E-state index is -4.46. The van der Waals surface area contributed by atoms with Crippen molar-refractivity contribution in [2.75, 3.05) is 18.0 Å². The maximum Gasteiger partial charge on any atom is 0.323 e. The van der Waals surface area contributed by atoms with Crippen molar-refractivity contribution in [3.63, 3.8) is 0 Å². The van der Waals surface area contributed by atoms with E-state index < -0.39 is 32.1 Å². The number of aromatic nitrogens is 2. The van der Waals surface area contributed by atoms with E-state index in [4.69, 9.17) is 26.1 Å². The first-order chi connectivity index (χ1) is 19.9. The molecule has 1 unspecified atom stereocenters. The lowest BCUT2D eigenvalue weighted by atomic mass is 10.0. The van der Waals surface area contributed by atoms with Gasteiger partial charge >= 0.3 is 5.76 Å². The van der Waals surface area contributed by atoms with Gasteiger partial charge in [-0.3, -0.25) is 9.78 Å². The molecule has 3 heterocycles. The minimum Gasteiger partial charge on any atom is -0.372 e. The largest absolute Gasteiger partial charge is 0.372 e. The number of benzene rings is 2. The molecule has 8 nitrogen and oxygen atoms in total. The summed E-state index contributed by atoms with van der Waals surface area (Å²) in [4.78, 5) is 23.3. The molecule has 0 bridgehead atoms. The van der Waals surface area contributed by atoms with Gasteiger partial charge in [-0.15, -0.1) is 0 Å². The van der Waals surface area contributed by atoms with Crippen LogP contribution in [0.3, 0.4) is 0 Å². The Bertz CT molecular complexity index is 1760. The SMILES string of the molecule is C[C@@H]1CN(c2cccc(-c3ccc4cnc(CNC(=O)c5cc(Cl)cc(S(=N)(=O)C(F)F)c5)cc4c3F)n2)C[C@H](C)O1. The molecule has 2 aromatic carbocycles. The van der Waals surface area contributed by atoms with E-state index in [-0.39, 0.29) is 34.7 Å². The average molecular weight is 618 g/mol. The van der Waals surface area contributed by atoms with Crippen molar-refractivity contribution in [1.82, 2.24) is 15.3 Å². The van der Waals surface area contributed by atoms with Crippen LogP contribution in [-0.4, -0.2) is 51.1 Å². The number of nitrogens with one attached hydrogen (secondary N) is 2. The molecule has 1 aliphatic heterocycles.